The summed E-state index contributed by atoms with van der Waals surface area (Å²) in [5.74, 6) is 0. The third kappa shape index (κ3) is 5.12. The molecule has 0 heterocycles. The van der Waals surface area contributed by atoms with E-state index in [2.05, 4.69) is 83.9 Å². The van der Waals surface area contributed by atoms with E-state index in [0.29, 0.717) is 17.5 Å². The first kappa shape index (κ1) is 18.2. The Kier molecular flexibility index (Phi) is 6.42. The lowest BCUT2D eigenvalue weighted by molar-refractivity contribution is 0.129. The van der Waals surface area contributed by atoms with Crippen molar-refractivity contribution in [2.24, 2.45) is 5.41 Å². The average Bonchev–Trinajstić information content (AvgIpc) is 2.36. The van der Waals surface area contributed by atoms with Gasteiger partial charge in [-0.25, -0.2) is 0 Å². The standard InChI is InChI=1S/C19H34N2/c1-9-20-18(13-21(8)16(4)19(5,6)7)17-11-10-14(2)12-15(17)3/h10-12,16,18,20H,9,13H2,1-8H3. The van der Waals surface area contributed by atoms with Gasteiger partial charge in [0.05, 0.1) is 0 Å². The van der Waals surface area contributed by atoms with Crippen molar-refractivity contribution in [1.82, 2.24) is 10.2 Å². The number of benzene rings is 1. The molecule has 1 N–H and O–H groups in total. The van der Waals surface area contributed by atoms with Gasteiger partial charge >= 0.3 is 0 Å². The number of hydrogen-bond acceptors (Lipinski definition) is 2. The second-order valence-corrected chi connectivity index (χ2v) is 7.45. The van der Waals surface area contributed by atoms with E-state index in [1.807, 2.05) is 0 Å². The van der Waals surface area contributed by atoms with Crippen LogP contribution < -0.4 is 5.32 Å². The molecule has 0 fully saturated rings. The van der Waals surface area contributed by atoms with Gasteiger partial charge in [0.2, 0.25) is 0 Å². The van der Waals surface area contributed by atoms with E-state index >= 15 is 0 Å². The zero-order valence-electron chi connectivity index (χ0n) is 15.2. The molecule has 1 aromatic carbocycles. The molecule has 0 aromatic heterocycles. The summed E-state index contributed by atoms with van der Waals surface area (Å²) < 4.78 is 0. The van der Waals surface area contributed by atoms with Gasteiger partial charge in [-0.3, -0.25) is 0 Å². The average molecular weight is 290 g/mol. The molecule has 0 amide bonds. The quantitative estimate of drug-likeness (QED) is 0.839. The van der Waals surface area contributed by atoms with E-state index in [9.17, 15) is 0 Å². The van der Waals surface area contributed by atoms with Gasteiger partial charge in [0, 0.05) is 18.6 Å². The third-order valence-electron chi connectivity index (χ3n) is 4.64. The summed E-state index contributed by atoms with van der Waals surface area (Å²) in [5.41, 5.74) is 4.45. The van der Waals surface area contributed by atoms with Crippen LogP contribution in [0.2, 0.25) is 0 Å². The van der Waals surface area contributed by atoms with E-state index < -0.39 is 0 Å². The van der Waals surface area contributed by atoms with Crippen molar-refractivity contribution in [3.8, 4) is 0 Å². The van der Waals surface area contributed by atoms with Gasteiger partial charge in [-0.1, -0.05) is 51.5 Å². The van der Waals surface area contributed by atoms with E-state index in [0.717, 1.165) is 13.1 Å². The molecule has 1 rings (SSSR count). The highest BCUT2D eigenvalue weighted by atomic mass is 15.2. The zero-order valence-corrected chi connectivity index (χ0v) is 15.2. The predicted molar refractivity (Wildman–Crippen MR) is 93.9 cm³/mol. The maximum atomic E-state index is 3.65. The normalized spacial score (nSPS) is 15.3. The van der Waals surface area contributed by atoms with E-state index in [1.54, 1.807) is 0 Å². The first-order chi connectivity index (χ1) is 9.66. The van der Waals surface area contributed by atoms with Crippen LogP contribution in [0.1, 0.15) is 57.4 Å². The molecule has 1 aromatic rings. The lowest BCUT2D eigenvalue weighted by Gasteiger charge is -2.37. The highest BCUT2D eigenvalue weighted by molar-refractivity contribution is 5.33. The molecule has 2 unspecified atom stereocenters. The summed E-state index contributed by atoms with van der Waals surface area (Å²) in [6, 6.07) is 7.73. The molecule has 120 valence electrons. The molecule has 2 nitrogen and oxygen atoms in total. The third-order valence-corrected chi connectivity index (χ3v) is 4.64. The zero-order chi connectivity index (χ0) is 16.2. The smallest absolute Gasteiger partial charge is 0.0451 e. The molecule has 21 heavy (non-hydrogen) atoms. The number of rotatable bonds is 6. The minimum absolute atomic E-state index is 0.299. The van der Waals surface area contributed by atoms with Crippen molar-refractivity contribution in [2.75, 3.05) is 20.1 Å². The van der Waals surface area contributed by atoms with Gasteiger partial charge in [0.1, 0.15) is 0 Å². The van der Waals surface area contributed by atoms with Crippen LogP contribution in [-0.4, -0.2) is 31.1 Å². The van der Waals surface area contributed by atoms with Crippen molar-refractivity contribution in [1.29, 1.82) is 0 Å². The molecule has 0 saturated heterocycles. The van der Waals surface area contributed by atoms with Crippen molar-refractivity contribution in [3.05, 3.63) is 34.9 Å². The van der Waals surface area contributed by atoms with Gasteiger partial charge in [-0.05, 0) is 50.9 Å². The molecule has 0 spiro atoms. The van der Waals surface area contributed by atoms with Crippen LogP contribution in [0.4, 0.5) is 0 Å². The maximum absolute atomic E-state index is 3.65. The SMILES string of the molecule is CCNC(CN(C)C(C)C(C)(C)C)c1ccc(C)cc1C. The monoisotopic (exact) mass is 290 g/mol. The molecule has 2 atom stereocenters. The van der Waals surface area contributed by atoms with E-state index in [-0.39, 0.29) is 0 Å². The Morgan fingerprint density at radius 3 is 2.29 bits per heavy atom. The summed E-state index contributed by atoms with van der Waals surface area (Å²) in [5, 5.41) is 3.65. The van der Waals surface area contributed by atoms with E-state index in [1.165, 1.54) is 16.7 Å². The molecule has 0 aliphatic carbocycles. The fourth-order valence-electron chi connectivity index (χ4n) is 2.84. The van der Waals surface area contributed by atoms with Crippen LogP contribution in [0.5, 0.6) is 0 Å². The second kappa shape index (κ2) is 7.42. The summed E-state index contributed by atoms with van der Waals surface area (Å²) >= 11 is 0. The number of aryl methyl sites for hydroxylation is 2. The molecule has 0 aliphatic rings. The molecule has 0 radical (unpaired) electrons. The maximum Gasteiger partial charge on any atom is 0.0451 e. The number of likely N-dealkylation sites (N-methyl/N-ethyl adjacent to an activating group) is 2. The fraction of sp³-hybridized carbons (Fsp3) is 0.684. The van der Waals surface area contributed by atoms with Crippen molar-refractivity contribution >= 4 is 0 Å². The summed E-state index contributed by atoms with van der Waals surface area (Å²) in [4.78, 5) is 2.48. The van der Waals surface area contributed by atoms with Crippen LogP contribution in [0.15, 0.2) is 18.2 Å². The first-order valence-corrected chi connectivity index (χ1v) is 8.17. The summed E-state index contributed by atoms with van der Waals surface area (Å²) in [6.07, 6.45) is 0. The van der Waals surface area contributed by atoms with Gasteiger partial charge in [0.25, 0.3) is 0 Å². The fourth-order valence-corrected chi connectivity index (χ4v) is 2.84. The molecule has 0 saturated carbocycles. The number of nitrogens with zero attached hydrogens (tertiary/aromatic N) is 1. The van der Waals surface area contributed by atoms with E-state index in [4.69, 9.17) is 0 Å². The largest absolute Gasteiger partial charge is 0.309 e. The Morgan fingerprint density at radius 2 is 1.81 bits per heavy atom. The highest BCUT2D eigenvalue weighted by Crippen LogP contribution is 2.26. The summed E-state index contributed by atoms with van der Waals surface area (Å²) in [6.45, 7) is 17.9. The van der Waals surface area contributed by atoms with Gasteiger partial charge in [-0.2, -0.15) is 0 Å². The van der Waals surface area contributed by atoms with Crippen LogP contribution in [-0.2, 0) is 0 Å². The van der Waals surface area contributed by atoms with Crippen molar-refractivity contribution in [3.63, 3.8) is 0 Å². The Hall–Kier alpha value is -0.860. The lowest BCUT2D eigenvalue weighted by Crippen LogP contribution is -2.43. The van der Waals surface area contributed by atoms with Crippen LogP contribution in [0.25, 0.3) is 0 Å². The Morgan fingerprint density at radius 1 is 1.19 bits per heavy atom. The Balaban J connectivity index is 2.92. The van der Waals surface area contributed by atoms with Gasteiger partial charge < -0.3 is 10.2 Å². The summed E-state index contributed by atoms with van der Waals surface area (Å²) in [7, 11) is 2.24. The van der Waals surface area contributed by atoms with Crippen LogP contribution in [0, 0.1) is 19.3 Å². The Labute approximate surface area is 131 Å². The predicted octanol–water partition coefficient (Wildman–Crippen LogP) is 4.32. The van der Waals surface area contributed by atoms with Crippen molar-refractivity contribution < 1.29 is 0 Å². The minimum Gasteiger partial charge on any atom is -0.309 e. The molecule has 0 aliphatic heterocycles. The Bertz CT molecular complexity index is 445. The van der Waals surface area contributed by atoms with Gasteiger partial charge in [-0.15, -0.1) is 0 Å². The van der Waals surface area contributed by atoms with Crippen LogP contribution in [0.3, 0.4) is 0 Å². The van der Waals surface area contributed by atoms with Crippen LogP contribution >= 0.6 is 0 Å². The highest BCUT2D eigenvalue weighted by Gasteiger charge is 2.26. The number of hydrogen-bond donors (Lipinski definition) is 1. The topological polar surface area (TPSA) is 15.3 Å². The molecule has 0 bridgehead atoms. The van der Waals surface area contributed by atoms with Crippen molar-refractivity contribution in [2.45, 2.75) is 60.5 Å². The first-order valence-electron chi connectivity index (χ1n) is 8.17. The second-order valence-electron chi connectivity index (χ2n) is 7.45. The lowest BCUT2D eigenvalue weighted by atomic mass is 9.86. The van der Waals surface area contributed by atoms with Gasteiger partial charge in [0.15, 0.2) is 0 Å². The molecule has 2 heteroatoms. The molecular formula is C19H34N2. The molecular weight excluding hydrogens is 256 g/mol. The minimum atomic E-state index is 0.299. The number of nitrogens with one attached hydrogen (secondary N) is 1.